The summed E-state index contributed by atoms with van der Waals surface area (Å²) in [5.74, 6) is -0.287. The standard InChI is InChI=1S/C34H27NO6/c1-3-39-34(38)23-13-15-25(16-14-23)35-30(24-10-7-11-26(19-24)40-20-22-8-5-4-6-9-22)29-31(36)27-18-21(2)12-17-28(27)41-32(29)33(35)37/h4-19,30H,3,20H2,1-2H3. The molecule has 1 aliphatic rings. The van der Waals surface area contributed by atoms with Gasteiger partial charge in [0, 0.05) is 5.69 Å². The van der Waals surface area contributed by atoms with Crippen molar-refractivity contribution in [1.29, 1.82) is 0 Å². The minimum atomic E-state index is -0.771. The number of hydrogen-bond acceptors (Lipinski definition) is 6. The summed E-state index contributed by atoms with van der Waals surface area (Å²) in [4.78, 5) is 41.7. The number of nitrogens with zero attached hydrogens (tertiary/aromatic N) is 1. The van der Waals surface area contributed by atoms with Crippen LogP contribution in [0.4, 0.5) is 5.69 Å². The van der Waals surface area contributed by atoms with Crippen molar-refractivity contribution in [1.82, 2.24) is 0 Å². The zero-order valence-electron chi connectivity index (χ0n) is 22.6. The number of aryl methyl sites for hydroxylation is 1. The maximum atomic E-state index is 14.0. The van der Waals surface area contributed by atoms with Crippen molar-refractivity contribution >= 4 is 28.5 Å². The van der Waals surface area contributed by atoms with Crippen molar-refractivity contribution < 1.29 is 23.5 Å². The number of anilines is 1. The third-order valence-corrected chi connectivity index (χ3v) is 7.10. The molecule has 1 amide bonds. The van der Waals surface area contributed by atoms with Crippen LogP contribution >= 0.6 is 0 Å². The van der Waals surface area contributed by atoms with E-state index in [0.717, 1.165) is 11.1 Å². The Morgan fingerprint density at radius 2 is 1.68 bits per heavy atom. The van der Waals surface area contributed by atoms with Gasteiger partial charge in [-0.3, -0.25) is 14.5 Å². The van der Waals surface area contributed by atoms with Crippen LogP contribution in [0.1, 0.15) is 56.1 Å². The van der Waals surface area contributed by atoms with Gasteiger partial charge in [-0.05, 0) is 73.5 Å². The van der Waals surface area contributed by atoms with Crippen LogP contribution in [0.25, 0.3) is 11.0 Å². The number of esters is 1. The van der Waals surface area contributed by atoms with Crippen LogP contribution in [0.3, 0.4) is 0 Å². The number of carbonyl (C=O) groups excluding carboxylic acids is 2. The van der Waals surface area contributed by atoms with Crippen LogP contribution in [-0.4, -0.2) is 18.5 Å². The van der Waals surface area contributed by atoms with E-state index >= 15 is 0 Å². The first-order valence-electron chi connectivity index (χ1n) is 13.4. The maximum absolute atomic E-state index is 14.0. The van der Waals surface area contributed by atoms with Gasteiger partial charge in [-0.25, -0.2) is 4.79 Å². The summed E-state index contributed by atoms with van der Waals surface area (Å²) in [5.41, 5.74) is 3.85. The van der Waals surface area contributed by atoms with Crippen LogP contribution in [0, 0.1) is 6.92 Å². The molecule has 0 bridgehead atoms. The lowest BCUT2D eigenvalue weighted by atomic mass is 9.97. The van der Waals surface area contributed by atoms with Gasteiger partial charge in [0.15, 0.2) is 5.43 Å². The molecule has 6 rings (SSSR count). The molecule has 5 aromatic rings. The van der Waals surface area contributed by atoms with E-state index in [0.29, 0.717) is 40.1 Å². The largest absolute Gasteiger partial charge is 0.489 e. The number of ether oxygens (including phenoxy) is 2. The Morgan fingerprint density at radius 1 is 0.902 bits per heavy atom. The molecule has 0 fully saturated rings. The molecule has 0 spiro atoms. The Bertz CT molecular complexity index is 1820. The van der Waals surface area contributed by atoms with Gasteiger partial charge in [-0.15, -0.1) is 0 Å². The maximum Gasteiger partial charge on any atom is 0.338 e. The van der Waals surface area contributed by atoms with Gasteiger partial charge >= 0.3 is 5.97 Å². The first-order chi connectivity index (χ1) is 19.9. The lowest BCUT2D eigenvalue weighted by Crippen LogP contribution is -2.29. The van der Waals surface area contributed by atoms with E-state index in [2.05, 4.69) is 0 Å². The van der Waals surface area contributed by atoms with Crippen molar-refractivity contribution in [2.24, 2.45) is 0 Å². The molecule has 1 aromatic heterocycles. The molecule has 0 saturated carbocycles. The highest BCUT2D eigenvalue weighted by molar-refractivity contribution is 6.10. The van der Waals surface area contributed by atoms with Crippen molar-refractivity contribution in [2.75, 3.05) is 11.5 Å². The van der Waals surface area contributed by atoms with E-state index in [1.54, 1.807) is 43.3 Å². The van der Waals surface area contributed by atoms with Gasteiger partial charge in [0.2, 0.25) is 5.76 Å². The molecule has 1 aliphatic heterocycles. The van der Waals surface area contributed by atoms with Crippen molar-refractivity contribution in [2.45, 2.75) is 26.5 Å². The lowest BCUT2D eigenvalue weighted by Gasteiger charge is -2.25. The molecule has 1 unspecified atom stereocenters. The highest BCUT2D eigenvalue weighted by Crippen LogP contribution is 2.42. The van der Waals surface area contributed by atoms with Gasteiger partial charge in [0.1, 0.15) is 17.9 Å². The molecular weight excluding hydrogens is 518 g/mol. The van der Waals surface area contributed by atoms with Gasteiger partial charge in [0.25, 0.3) is 5.91 Å². The Hall–Kier alpha value is -5.17. The van der Waals surface area contributed by atoms with Gasteiger partial charge in [-0.2, -0.15) is 0 Å². The Balaban J connectivity index is 1.46. The van der Waals surface area contributed by atoms with E-state index in [4.69, 9.17) is 13.9 Å². The van der Waals surface area contributed by atoms with E-state index in [9.17, 15) is 14.4 Å². The van der Waals surface area contributed by atoms with E-state index in [1.165, 1.54) is 4.90 Å². The molecular formula is C34H27NO6. The molecule has 1 atom stereocenters. The van der Waals surface area contributed by atoms with Crippen molar-refractivity contribution in [3.8, 4) is 5.75 Å². The van der Waals surface area contributed by atoms with Crippen LogP contribution in [0.5, 0.6) is 5.75 Å². The van der Waals surface area contributed by atoms with E-state index in [-0.39, 0.29) is 23.4 Å². The predicted octanol–water partition coefficient (Wildman–Crippen LogP) is 6.61. The number of benzene rings is 4. The second kappa shape index (κ2) is 10.8. The number of rotatable bonds is 7. The molecule has 0 aliphatic carbocycles. The van der Waals surface area contributed by atoms with Crippen LogP contribution < -0.4 is 15.1 Å². The lowest BCUT2D eigenvalue weighted by molar-refractivity contribution is 0.0526. The first-order valence-corrected chi connectivity index (χ1v) is 13.4. The van der Waals surface area contributed by atoms with E-state index < -0.39 is 17.9 Å². The molecule has 7 heteroatoms. The highest BCUT2D eigenvalue weighted by atomic mass is 16.5. The Morgan fingerprint density at radius 3 is 2.44 bits per heavy atom. The van der Waals surface area contributed by atoms with Crippen molar-refractivity contribution in [3.63, 3.8) is 0 Å². The van der Waals surface area contributed by atoms with E-state index in [1.807, 2.05) is 67.6 Å². The fourth-order valence-corrected chi connectivity index (χ4v) is 5.16. The molecule has 0 radical (unpaired) electrons. The zero-order valence-corrected chi connectivity index (χ0v) is 22.6. The summed E-state index contributed by atoms with van der Waals surface area (Å²) < 4.78 is 17.3. The fraction of sp³-hybridized carbons (Fsp3) is 0.147. The highest BCUT2D eigenvalue weighted by Gasteiger charge is 2.43. The zero-order chi connectivity index (χ0) is 28.5. The number of amides is 1. The van der Waals surface area contributed by atoms with Crippen LogP contribution in [0.2, 0.25) is 0 Å². The molecule has 7 nitrogen and oxygen atoms in total. The second-order valence-corrected chi connectivity index (χ2v) is 9.87. The molecule has 41 heavy (non-hydrogen) atoms. The monoisotopic (exact) mass is 545 g/mol. The first kappa shape index (κ1) is 26.1. The average molecular weight is 546 g/mol. The Labute approximate surface area is 236 Å². The SMILES string of the molecule is CCOC(=O)c1ccc(N2C(=O)c3oc4ccc(C)cc4c(=O)c3C2c2cccc(OCc3ccccc3)c2)cc1. The topological polar surface area (TPSA) is 86.0 Å². The molecule has 204 valence electrons. The fourth-order valence-electron chi connectivity index (χ4n) is 5.16. The minimum absolute atomic E-state index is 0.00132. The summed E-state index contributed by atoms with van der Waals surface area (Å²) in [6, 6.07) is 28.3. The predicted molar refractivity (Wildman–Crippen MR) is 155 cm³/mol. The summed E-state index contributed by atoms with van der Waals surface area (Å²) in [6.07, 6.45) is 0. The van der Waals surface area contributed by atoms with Crippen LogP contribution in [-0.2, 0) is 11.3 Å². The van der Waals surface area contributed by atoms with Crippen LogP contribution in [0.15, 0.2) is 106 Å². The smallest absolute Gasteiger partial charge is 0.338 e. The summed E-state index contributed by atoms with van der Waals surface area (Å²) in [6.45, 7) is 4.27. The third-order valence-electron chi connectivity index (χ3n) is 7.10. The normalized spacial score (nSPS) is 14.2. The number of carbonyl (C=O) groups is 2. The molecule has 4 aromatic carbocycles. The number of fused-ring (bicyclic) bond motifs is 2. The van der Waals surface area contributed by atoms with Crippen molar-refractivity contribution in [3.05, 3.63) is 141 Å². The molecule has 2 heterocycles. The molecule has 0 N–H and O–H groups in total. The Kier molecular flexibility index (Phi) is 6.85. The third kappa shape index (κ3) is 4.87. The van der Waals surface area contributed by atoms with Gasteiger partial charge in [0.05, 0.1) is 29.2 Å². The number of hydrogen-bond donors (Lipinski definition) is 0. The second-order valence-electron chi connectivity index (χ2n) is 9.87. The molecule has 0 saturated heterocycles. The summed E-state index contributed by atoms with van der Waals surface area (Å²) in [5, 5.41) is 0.414. The minimum Gasteiger partial charge on any atom is -0.489 e. The van der Waals surface area contributed by atoms with Gasteiger partial charge < -0.3 is 13.9 Å². The quantitative estimate of drug-likeness (QED) is 0.214. The van der Waals surface area contributed by atoms with Gasteiger partial charge in [-0.1, -0.05) is 54.1 Å². The summed E-state index contributed by atoms with van der Waals surface area (Å²) in [7, 11) is 0. The summed E-state index contributed by atoms with van der Waals surface area (Å²) >= 11 is 0. The average Bonchev–Trinajstić information content (AvgIpc) is 3.29.